The first-order valence-electron chi connectivity index (χ1n) is 6.09. The summed E-state index contributed by atoms with van der Waals surface area (Å²) < 4.78 is 5.01. The van der Waals surface area contributed by atoms with Gasteiger partial charge in [-0.2, -0.15) is 0 Å². The van der Waals surface area contributed by atoms with E-state index >= 15 is 0 Å². The minimum atomic E-state index is -0.632. The van der Waals surface area contributed by atoms with E-state index in [1.54, 1.807) is 19.1 Å². The van der Waals surface area contributed by atoms with E-state index in [4.69, 9.17) is 4.74 Å². The first kappa shape index (κ1) is 15.1. The number of ether oxygens (including phenoxy) is 1. The van der Waals surface area contributed by atoms with Gasteiger partial charge in [-0.05, 0) is 24.0 Å². The van der Waals surface area contributed by atoms with Crippen molar-refractivity contribution >= 4 is 11.7 Å². The van der Waals surface area contributed by atoms with E-state index in [9.17, 15) is 14.9 Å². The van der Waals surface area contributed by atoms with Crippen molar-refractivity contribution in [2.24, 2.45) is 0 Å². The Morgan fingerprint density at radius 2 is 1.95 bits per heavy atom. The second-order valence-electron chi connectivity index (χ2n) is 5.53. The molecule has 0 N–H and O–H groups in total. The third-order valence-corrected chi connectivity index (χ3v) is 2.87. The highest BCUT2D eigenvalue weighted by molar-refractivity contribution is 5.66. The van der Waals surface area contributed by atoms with Crippen molar-refractivity contribution in [1.29, 1.82) is 0 Å². The lowest BCUT2D eigenvalue weighted by Gasteiger charge is -2.20. The molecule has 0 heterocycles. The van der Waals surface area contributed by atoms with E-state index in [-0.39, 0.29) is 11.1 Å². The molecule has 5 nitrogen and oxygen atoms in total. The zero-order valence-electron chi connectivity index (χ0n) is 11.9. The van der Waals surface area contributed by atoms with Crippen molar-refractivity contribution in [1.82, 2.24) is 0 Å². The molecule has 0 fully saturated rings. The van der Waals surface area contributed by atoms with Gasteiger partial charge in [0.2, 0.25) is 0 Å². The number of nitro benzene ring substituents is 1. The van der Waals surface area contributed by atoms with Crippen molar-refractivity contribution in [3.05, 3.63) is 39.4 Å². The molecule has 0 aromatic heterocycles. The molecular weight excluding hydrogens is 246 g/mol. The Kier molecular flexibility index (Phi) is 4.29. The largest absolute Gasteiger partial charge is 0.458 e. The fourth-order valence-corrected chi connectivity index (χ4v) is 1.82. The fraction of sp³-hybridized carbons (Fsp3) is 0.500. The van der Waals surface area contributed by atoms with Gasteiger partial charge < -0.3 is 4.74 Å². The van der Waals surface area contributed by atoms with Crippen LogP contribution in [0.4, 0.5) is 5.69 Å². The molecule has 0 aliphatic heterocycles. The van der Waals surface area contributed by atoms with E-state index in [1.807, 2.05) is 26.8 Å². The molecule has 0 saturated carbocycles. The number of carbonyl (C=O) groups is 1. The van der Waals surface area contributed by atoms with Crippen molar-refractivity contribution in [3.63, 3.8) is 0 Å². The lowest BCUT2D eigenvalue weighted by Crippen LogP contribution is -2.13. The molecule has 1 aromatic rings. The predicted molar refractivity (Wildman–Crippen MR) is 72.0 cm³/mol. The van der Waals surface area contributed by atoms with Crippen LogP contribution in [-0.2, 0) is 14.9 Å². The Morgan fingerprint density at radius 1 is 1.37 bits per heavy atom. The molecule has 1 unspecified atom stereocenters. The van der Waals surface area contributed by atoms with E-state index < -0.39 is 17.0 Å². The molecular formula is C14H19NO4. The van der Waals surface area contributed by atoms with E-state index in [0.29, 0.717) is 5.56 Å². The molecule has 1 aromatic carbocycles. The third-order valence-electron chi connectivity index (χ3n) is 2.87. The summed E-state index contributed by atoms with van der Waals surface area (Å²) in [7, 11) is 0. The average Bonchev–Trinajstić information content (AvgIpc) is 2.25. The molecule has 0 aliphatic carbocycles. The molecule has 0 radical (unpaired) electrons. The number of nitrogens with zero attached hydrogens (tertiary/aromatic N) is 1. The fourth-order valence-electron chi connectivity index (χ4n) is 1.82. The average molecular weight is 265 g/mol. The van der Waals surface area contributed by atoms with Crippen LogP contribution in [0.25, 0.3) is 0 Å². The van der Waals surface area contributed by atoms with Gasteiger partial charge in [-0.25, -0.2) is 0 Å². The van der Waals surface area contributed by atoms with Gasteiger partial charge >= 0.3 is 5.97 Å². The number of esters is 1. The first-order chi connectivity index (χ1) is 8.62. The van der Waals surface area contributed by atoms with Crippen LogP contribution >= 0.6 is 0 Å². The van der Waals surface area contributed by atoms with Crippen molar-refractivity contribution < 1.29 is 14.5 Å². The quantitative estimate of drug-likeness (QED) is 0.476. The van der Waals surface area contributed by atoms with Crippen LogP contribution in [0.5, 0.6) is 0 Å². The highest BCUT2D eigenvalue weighted by atomic mass is 16.6. The van der Waals surface area contributed by atoms with Crippen LogP contribution in [0.3, 0.4) is 0 Å². The summed E-state index contributed by atoms with van der Waals surface area (Å²) in [5.41, 5.74) is 1.10. The monoisotopic (exact) mass is 265 g/mol. The topological polar surface area (TPSA) is 69.4 Å². The van der Waals surface area contributed by atoms with Crippen LogP contribution in [0.15, 0.2) is 18.2 Å². The Bertz CT molecular complexity index is 503. The summed E-state index contributed by atoms with van der Waals surface area (Å²) in [5.74, 6) is -0.457. The second kappa shape index (κ2) is 5.38. The van der Waals surface area contributed by atoms with Gasteiger partial charge in [0.05, 0.1) is 10.5 Å². The standard InChI is InChI=1S/C14H19NO4/c1-9(19-10(2)16)12-7-6-11(14(3,4)5)8-13(12)15(17)18/h6-9H,1-5H3. The van der Waals surface area contributed by atoms with Crippen LogP contribution in [0.1, 0.15) is 51.8 Å². The van der Waals surface area contributed by atoms with E-state index in [2.05, 4.69) is 0 Å². The summed E-state index contributed by atoms with van der Waals surface area (Å²) in [5, 5.41) is 11.2. The smallest absolute Gasteiger partial charge is 0.303 e. The number of hydrogen-bond donors (Lipinski definition) is 0. The molecule has 1 rings (SSSR count). The van der Waals surface area contributed by atoms with Gasteiger partial charge in [0.15, 0.2) is 0 Å². The number of benzene rings is 1. The maximum atomic E-state index is 11.2. The van der Waals surface area contributed by atoms with E-state index in [0.717, 1.165) is 5.56 Å². The third kappa shape index (κ3) is 3.77. The molecule has 0 amide bonds. The van der Waals surface area contributed by atoms with Gasteiger partial charge in [0, 0.05) is 13.0 Å². The highest BCUT2D eigenvalue weighted by Crippen LogP contribution is 2.32. The normalized spacial score (nSPS) is 12.9. The van der Waals surface area contributed by atoms with Crippen LogP contribution in [0.2, 0.25) is 0 Å². The Balaban J connectivity index is 3.26. The molecule has 0 aliphatic rings. The molecule has 0 saturated heterocycles. The summed E-state index contributed by atoms with van der Waals surface area (Å²) >= 11 is 0. The second-order valence-corrected chi connectivity index (χ2v) is 5.53. The lowest BCUT2D eigenvalue weighted by atomic mass is 9.86. The molecule has 19 heavy (non-hydrogen) atoms. The number of nitro groups is 1. The van der Waals surface area contributed by atoms with E-state index in [1.165, 1.54) is 6.92 Å². The Labute approximate surface area is 112 Å². The van der Waals surface area contributed by atoms with Crippen LogP contribution in [0, 0.1) is 10.1 Å². The summed E-state index contributed by atoms with van der Waals surface area (Å²) in [6.45, 7) is 8.87. The minimum absolute atomic E-state index is 0.0128. The molecule has 104 valence electrons. The first-order valence-corrected chi connectivity index (χ1v) is 6.09. The Morgan fingerprint density at radius 3 is 2.37 bits per heavy atom. The molecule has 5 heteroatoms. The van der Waals surface area contributed by atoms with Gasteiger partial charge in [-0.3, -0.25) is 14.9 Å². The van der Waals surface area contributed by atoms with Gasteiger partial charge in [-0.15, -0.1) is 0 Å². The highest BCUT2D eigenvalue weighted by Gasteiger charge is 2.24. The maximum Gasteiger partial charge on any atom is 0.303 e. The number of rotatable bonds is 3. The summed E-state index contributed by atoms with van der Waals surface area (Å²) in [6, 6.07) is 5.05. The number of hydrogen-bond acceptors (Lipinski definition) is 4. The zero-order chi connectivity index (χ0) is 14.8. The summed E-state index contributed by atoms with van der Waals surface area (Å²) in [4.78, 5) is 21.7. The minimum Gasteiger partial charge on any atom is -0.458 e. The lowest BCUT2D eigenvalue weighted by molar-refractivity contribution is -0.386. The predicted octanol–water partition coefficient (Wildman–Crippen LogP) is 3.52. The van der Waals surface area contributed by atoms with Gasteiger partial charge in [0.1, 0.15) is 6.10 Å². The SMILES string of the molecule is CC(=O)OC(C)c1ccc(C(C)(C)C)cc1[N+](=O)[O-]. The van der Waals surface area contributed by atoms with Crippen molar-refractivity contribution in [2.45, 2.75) is 46.1 Å². The van der Waals surface area contributed by atoms with Crippen LogP contribution in [-0.4, -0.2) is 10.9 Å². The van der Waals surface area contributed by atoms with Crippen molar-refractivity contribution in [3.8, 4) is 0 Å². The zero-order valence-corrected chi connectivity index (χ0v) is 11.9. The van der Waals surface area contributed by atoms with Gasteiger partial charge in [-0.1, -0.05) is 26.8 Å². The van der Waals surface area contributed by atoms with Crippen LogP contribution < -0.4 is 0 Å². The van der Waals surface area contributed by atoms with Gasteiger partial charge in [0.25, 0.3) is 5.69 Å². The maximum absolute atomic E-state index is 11.2. The molecule has 0 spiro atoms. The molecule has 0 bridgehead atoms. The van der Waals surface area contributed by atoms with Crippen molar-refractivity contribution in [2.75, 3.05) is 0 Å². The summed E-state index contributed by atoms with van der Waals surface area (Å²) in [6.07, 6.45) is -0.632. The Hall–Kier alpha value is -1.91. The number of carbonyl (C=O) groups excluding carboxylic acids is 1. The molecule has 1 atom stereocenters.